The molecule has 2 unspecified atom stereocenters. The maximum absolute atomic E-state index is 4.55. The van der Waals surface area contributed by atoms with Crippen molar-refractivity contribution in [1.82, 2.24) is 10.3 Å². The summed E-state index contributed by atoms with van der Waals surface area (Å²) in [5.41, 5.74) is 1.12. The third-order valence-corrected chi connectivity index (χ3v) is 3.71. The number of aryl methyl sites for hydroxylation is 1. The monoisotopic (exact) mass is 238 g/mol. The molecule has 1 aromatic rings. The van der Waals surface area contributed by atoms with Crippen molar-refractivity contribution in [2.45, 2.75) is 52.1 Å². The molecule has 3 heteroatoms. The Balaban J connectivity index is 2.51. The van der Waals surface area contributed by atoms with Crippen LogP contribution in [0.3, 0.4) is 0 Å². The number of hydrogen-bond donors (Lipinski definition) is 1. The summed E-state index contributed by atoms with van der Waals surface area (Å²) in [7, 11) is 0. The van der Waals surface area contributed by atoms with Crippen LogP contribution < -0.4 is 5.32 Å². The maximum Gasteiger partial charge on any atom is 0.110 e. The fourth-order valence-corrected chi connectivity index (χ4v) is 2.63. The molecule has 2 atom stereocenters. The van der Waals surface area contributed by atoms with Gasteiger partial charge in [-0.3, -0.25) is 0 Å². The summed E-state index contributed by atoms with van der Waals surface area (Å²) < 4.78 is 0. The van der Waals surface area contributed by atoms with Gasteiger partial charge in [0.15, 0.2) is 0 Å². The largest absolute Gasteiger partial charge is 0.305 e. The average Bonchev–Trinajstić information content (AvgIpc) is 2.69. The van der Waals surface area contributed by atoms with Gasteiger partial charge in [-0.25, -0.2) is 4.98 Å². The zero-order valence-electron chi connectivity index (χ0n) is 10.5. The van der Waals surface area contributed by atoms with E-state index in [4.69, 9.17) is 0 Å². The van der Waals surface area contributed by atoms with Gasteiger partial charge in [0.05, 0.1) is 6.04 Å². The molecule has 0 aliphatic carbocycles. The number of allylic oxidation sites excluding steroid dienone is 1. The van der Waals surface area contributed by atoms with Crippen LogP contribution in [0.5, 0.6) is 0 Å². The molecular formula is C13H22N2S. The normalized spacial score (nSPS) is 14.7. The lowest BCUT2D eigenvalue weighted by Gasteiger charge is -2.20. The van der Waals surface area contributed by atoms with Crippen LogP contribution in [0.15, 0.2) is 18.0 Å². The van der Waals surface area contributed by atoms with E-state index in [0.29, 0.717) is 12.1 Å². The molecule has 0 radical (unpaired) electrons. The molecule has 0 bridgehead atoms. The first-order valence-electron chi connectivity index (χ1n) is 5.96. The zero-order chi connectivity index (χ0) is 12.0. The van der Waals surface area contributed by atoms with Gasteiger partial charge in [-0.1, -0.05) is 13.0 Å². The molecule has 16 heavy (non-hydrogen) atoms. The smallest absolute Gasteiger partial charge is 0.110 e. The van der Waals surface area contributed by atoms with Crippen molar-refractivity contribution in [3.8, 4) is 0 Å². The van der Waals surface area contributed by atoms with Crippen LogP contribution in [0.25, 0.3) is 0 Å². The zero-order valence-corrected chi connectivity index (χ0v) is 11.3. The quantitative estimate of drug-likeness (QED) is 0.730. The molecular weight excluding hydrogens is 216 g/mol. The lowest BCUT2D eigenvalue weighted by atomic mass is 10.1. The molecule has 0 aliphatic rings. The number of thiazole rings is 1. The molecule has 0 saturated carbocycles. The van der Waals surface area contributed by atoms with E-state index in [9.17, 15) is 0 Å². The molecule has 1 aromatic heterocycles. The molecule has 1 heterocycles. The van der Waals surface area contributed by atoms with E-state index in [1.165, 1.54) is 5.01 Å². The molecule has 0 amide bonds. The molecule has 1 N–H and O–H groups in total. The Hall–Kier alpha value is -0.670. The topological polar surface area (TPSA) is 24.9 Å². The van der Waals surface area contributed by atoms with Crippen molar-refractivity contribution in [3.63, 3.8) is 0 Å². The highest BCUT2D eigenvalue weighted by atomic mass is 32.1. The minimum atomic E-state index is 0.401. The third kappa shape index (κ3) is 4.06. The summed E-state index contributed by atoms with van der Waals surface area (Å²) >= 11 is 1.75. The summed E-state index contributed by atoms with van der Waals surface area (Å²) in [6.07, 6.45) is 5.28. The third-order valence-electron chi connectivity index (χ3n) is 2.63. The summed E-state index contributed by atoms with van der Waals surface area (Å²) in [6.45, 7) is 10.2. The van der Waals surface area contributed by atoms with E-state index in [0.717, 1.165) is 25.0 Å². The van der Waals surface area contributed by atoms with Crippen molar-refractivity contribution in [3.05, 3.63) is 28.7 Å². The van der Waals surface area contributed by atoms with Gasteiger partial charge in [-0.2, -0.15) is 0 Å². The van der Waals surface area contributed by atoms with E-state index in [1.54, 1.807) is 11.3 Å². The van der Waals surface area contributed by atoms with Gasteiger partial charge in [-0.15, -0.1) is 17.9 Å². The minimum absolute atomic E-state index is 0.401. The average molecular weight is 238 g/mol. The molecule has 90 valence electrons. The number of rotatable bonds is 7. The van der Waals surface area contributed by atoms with Crippen LogP contribution in [0.4, 0.5) is 0 Å². The maximum atomic E-state index is 4.55. The van der Waals surface area contributed by atoms with Crippen LogP contribution in [0.2, 0.25) is 0 Å². The van der Waals surface area contributed by atoms with E-state index >= 15 is 0 Å². The van der Waals surface area contributed by atoms with Crippen LogP contribution >= 0.6 is 11.3 Å². The Morgan fingerprint density at radius 2 is 2.38 bits per heavy atom. The Morgan fingerprint density at radius 1 is 1.62 bits per heavy atom. The van der Waals surface area contributed by atoms with E-state index in [1.807, 2.05) is 13.0 Å². The van der Waals surface area contributed by atoms with Gasteiger partial charge >= 0.3 is 0 Å². The van der Waals surface area contributed by atoms with Crippen molar-refractivity contribution in [1.29, 1.82) is 0 Å². The van der Waals surface area contributed by atoms with Crippen LogP contribution in [-0.4, -0.2) is 11.0 Å². The molecule has 0 fully saturated rings. The predicted molar refractivity (Wildman–Crippen MR) is 71.9 cm³/mol. The molecule has 0 saturated heterocycles. The van der Waals surface area contributed by atoms with Crippen LogP contribution in [0, 0.1) is 6.92 Å². The second kappa shape index (κ2) is 6.81. The van der Waals surface area contributed by atoms with Gasteiger partial charge in [-0.05, 0) is 33.1 Å². The first-order chi connectivity index (χ1) is 7.67. The Kier molecular flexibility index (Phi) is 5.71. The highest BCUT2D eigenvalue weighted by Gasteiger charge is 2.14. The number of nitrogens with one attached hydrogen (secondary N) is 1. The summed E-state index contributed by atoms with van der Waals surface area (Å²) in [4.78, 5) is 4.55. The molecule has 2 nitrogen and oxygen atoms in total. The first-order valence-corrected chi connectivity index (χ1v) is 6.84. The second-order valence-corrected chi connectivity index (χ2v) is 5.11. The molecule has 0 aromatic carbocycles. The Labute approximate surface area is 103 Å². The highest BCUT2D eigenvalue weighted by molar-refractivity contribution is 7.09. The van der Waals surface area contributed by atoms with Gasteiger partial charge in [0, 0.05) is 17.1 Å². The fourth-order valence-electron chi connectivity index (χ4n) is 1.69. The lowest BCUT2D eigenvalue weighted by Crippen LogP contribution is -2.30. The van der Waals surface area contributed by atoms with Crippen molar-refractivity contribution >= 4 is 11.3 Å². The second-order valence-electron chi connectivity index (χ2n) is 4.22. The highest BCUT2D eigenvalue weighted by Crippen LogP contribution is 2.21. The van der Waals surface area contributed by atoms with Crippen molar-refractivity contribution in [2.75, 3.05) is 0 Å². The van der Waals surface area contributed by atoms with Gasteiger partial charge in [0.1, 0.15) is 5.01 Å². The summed E-state index contributed by atoms with van der Waals surface area (Å²) in [6, 6.07) is 0.922. The SMILES string of the molecule is C=CCCC(C)NC(CC)c1nc(C)cs1. The predicted octanol–water partition coefficient (Wildman–Crippen LogP) is 3.85. The molecule has 0 spiro atoms. The standard InChI is InChI=1S/C13H22N2S/c1-5-7-8-10(3)14-12(6-2)13-15-11(4)9-16-13/h5,9-10,12,14H,1,6-8H2,2-4H3. The van der Waals surface area contributed by atoms with Gasteiger partial charge < -0.3 is 5.32 Å². The fraction of sp³-hybridized carbons (Fsp3) is 0.615. The van der Waals surface area contributed by atoms with Crippen LogP contribution in [0.1, 0.15) is 49.9 Å². The lowest BCUT2D eigenvalue weighted by molar-refractivity contribution is 0.428. The molecule has 1 rings (SSSR count). The van der Waals surface area contributed by atoms with Crippen LogP contribution in [-0.2, 0) is 0 Å². The van der Waals surface area contributed by atoms with E-state index in [2.05, 4.69) is 36.1 Å². The number of hydrogen-bond acceptors (Lipinski definition) is 3. The van der Waals surface area contributed by atoms with Gasteiger partial charge in [0.2, 0.25) is 0 Å². The Morgan fingerprint density at radius 3 is 2.88 bits per heavy atom. The Bertz CT molecular complexity index is 319. The minimum Gasteiger partial charge on any atom is -0.305 e. The van der Waals surface area contributed by atoms with Crippen molar-refractivity contribution < 1.29 is 0 Å². The van der Waals surface area contributed by atoms with E-state index < -0.39 is 0 Å². The number of nitrogens with zero attached hydrogens (tertiary/aromatic N) is 1. The first kappa shape index (κ1) is 13.4. The molecule has 0 aliphatic heterocycles. The van der Waals surface area contributed by atoms with Gasteiger partial charge in [0.25, 0.3) is 0 Å². The van der Waals surface area contributed by atoms with E-state index in [-0.39, 0.29) is 0 Å². The number of aromatic nitrogens is 1. The summed E-state index contributed by atoms with van der Waals surface area (Å²) in [5.74, 6) is 0. The summed E-state index contributed by atoms with van der Waals surface area (Å²) in [5, 5.41) is 6.96. The van der Waals surface area contributed by atoms with Crippen molar-refractivity contribution in [2.24, 2.45) is 0 Å².